The van der Waals surface area contributed by atoms with E-state index in [9.17, 15) is 14.4 Å². The minimum atomic E-state index is -0.273. The Hall–Kier alpha value is -3.27. The third-order valence-electron chi connectivity index (χ3n) is 5.59. The largest absolute Gasteiger partial charge is 0.354 e. The molecule has 1 aliphatic rings. The highest BCUT2D eigenvalue weighted by Crippen LogP contribution is 2.29. The molecule has 0 bridgehead atoms. The van der Waals surface area contributed by atoms with Gasteiger partial charge in [-0.05, 0) is 32.3 Å². The molecule has 10 heteroatoms. The van der Waals surface area contributed by atoms with Crippen molar-refractivity contribution in [1.82, 2.24) is 25.2 Å². The summed E-state index contributed by atoms with van der Waals surface area (Å²) in [5, 5.41) is 6.53. The van der Waals surface area contributed by atoms with Crippen LogP contribution in [-0.4, -0.2) is 45.5 Å². The molecule has 9 nitrogen and oxygen atoms in total. The molecule has 3 aromatic rings. The number of nitrogens with one attached hydrogen (secondary N) is 2. The number of thiazole rings is 1. The number of rotatable bonds is 7. The van der Waals surface area contributed by atoms with Gasteiger partial charge in [0.25, 0.3) is 5.56 Å². The molecule has 2 N–H and O–H groups in total. The molecular formula is C23H28N6O3S. The highest BCUT2D eigenvalue weighted by molar-refractivity contribution is 7.22. The van der Waals surface area contributed by atoms with Gasteiger partial charge in [0.1, 0.15) is 17.6 Å². The molecule has 1 aromatic carbocycles. The second-order valence-electron chi connectivity index (χ2n) is 8.51. The molecule has 1 fully saturated rings. The lowest BCUT2D eigenvalue weighted by atomic mass is 9.96. The fraction of sp³-hybridized carbons (Fsp3) is 0.435. The Kier molecular flexibility index (Phi) is 7.02. The van der Waals surface area contributed by atoms with Gasteiger partial charge < -0.3 is 15.5 Å². The summed E-state index contributed by atoms with van der Waals surface area (Å²) < 4.78 is 1.75. The third kappa shape index (κ3) is 5.57. The van der Waals surface area contributed by atoms with Gasteiger partial charge in [-0.3, -0.25) is 19.0 Å². The minimum absolute atomic E-state index is 0.00257. The molecule has 2 aromatic heterocycles. The van der Waals surface area contributed by atoms with Crippen molar-refractivity contribution >= 4 is 38.6 Å². The van der Waals surface area contributed by atoms with Gasteiger partial charge in [-0.1, -0.05) is 41.7 Å². The van der Waals surface area contributed by atoms with Crippen LogP contribution in [0.2, 0.25) is 0 Å². The van der Waals surface area contributed by atoms with E-state index < -0.39 is 0 Å². The van der Waals surface area contributed by atoms with Crippen LogP contribution < -0.4 is 21.1 Å². The number of anilines is 1. The maximum absolute atomic E-state index is 12.9. The lowest BCUT2D eigenvalue weighted by Gasteiger charge is -2.31. The predicted molar refractivity (Wildman–Crippen MR) is 128 cm³/mol. The van der Waals surface area contributed by atoms with Gasteiger partial charge >= 0.3 is 0 Å². The molecular weight excluding hydrogens is 440 g/mol. The molecule has 4 rings (SSSR count). The zero-order valence-corrected chi connectivity index (χ0v) is 19.6. The van der Waals surface area contributed by atoms with Crippen LogP contribution in [0.5, 0.6) is 0 Å². The average Bonchev–Trinajstić information content (AvgIpc) is 3.25. The number of fused-ring (bicyclic) bond motifs is 1. The smallest absolute Gasteiger partial charge is 0.273 e. The molecule has 0 atom stereocenters. The van der Waals surface area contributed by atoms with Crippen LogP contribution in [0.1, 0.15) is 32.3 Å². The molecule has 3 heterocycles. The first-order valence-electron chi connectivity index (χ1n) is 11.1. The van der Waals surface area contributed by atoms with Gasteiger partial charge in [-0.2, -0.15) is 4.98 Å². The standard InChI is InChI=1S/C23H28N6O3S/c1-15(2)26-21(31)17-8-10-28(11-9-17)23-27-20-19(33-23)22(32)29(14-25-20)13-18(30)24-12-16-6-4-3-5-7-16/h3-7,14-15,17H,8-13H2,1-2H3,(H,24,30)(H,26,31). The van der Waals surface area contributed by atoms with E-state index in [1.807, 2.05) is 44.2 Å². The Morgan fingerprint density at radius 1 is 1.18 bits per heavy atom. The molecule has 0 aliphatic carbocycles. The zero-order chi connectivity index (χ0) is 23.4. The number of aromatic nitrogens is 3. The quantitative estimate of drug-likeness (QED) is 0.548. The van der Waals surface area contributed by atoms with Crippen molar-refractivity contribution in [1.29, 1.82) is 0 Å². The molecule has 0 spiro atoms. The summed E-state index contributed by atoms with van der Waals surface area (Å²) in [5.41, 5.74) is 1.11. The van der Waals surface area contributed by atoms with Crippen LogP contribution >= 0.6 is 11.3 Å². The lowest BCUT2D eigenvalue weighted by Crippen LogP contribution is -2.42. The summed E-state index contributed by atoms with van der Waals surface area (Å²) in [6, 6.07) is 9.73. The van der Waals surface area contributed by atoms with Gasteiger partial charge in [-0.25, -0.2) is 4.98 Å². The van der Waals surface area contributed by atoms with Gasteiger partial charge in [-0.15, -0.1) is 0 Å². The zero-order valence-electron chi connectivity index (χ0n) is 18.8. The summed E-state index contributed by atoms with van der Waals surface area (Å²) in [7, 11) is 0. The van der Waals surface area contributed by atoms with Crippen LogP contribution in [0.4, 0.5) is 5.13 Å². The Bertz CT molecular complexity index is 1180. The summed E-state index contributed by atoms with van der Waals surface area (Å²) >= 11 is 1.29. The summed E-state index contributed by atoms with van der Waals surface area (Å²) in [5.74, 6) is -0.152. The Balaban J connectivity index is 1.39. The van der Waals surface area contributed by atoms with E-state index in [2.05, 4.69) is 25.5 Å². The van der Waals surface area contributed by atoms with E-state index >= 15 is 0 Å². The van der Waals surface area contributed by atoms with E-state index in [0.717, 1.165) is 23.5 Å². The van der Waals surface area contributed by atoms with Crippen LogP contribution in [-0.2, 0) is 22.7 Å². The molecule has 174 valence electrons. The number of hydrogen-bond acceptors (Lipinski definition) is 7. The van der Waals surface area contributed by atoms with Crippen LogP contribution in [0.3, 0.4) is 0 Å². The summed E-state index contributed by atoms with van der Waals surface area (Å²) in [4.78, 5) is 48.4. The van der Waals surface area contributed by atoms with Crippen molar-refractivity contribution in [2.24, 2.45) is 5.92 Å². The Labute approximate surface area is 195 Å². The van der Waals surface area contributed by atoms with Crippen LogP contribution in [0.25, 0.3) is 10.3 Å². The second kappa shape index (κ2) is 10.1. The maximum atomic E-state index is 12.9. The van der Waals surface area contributed by atoms with Crippen molar-refractivity contribution in [3.63, 3.8) is 0 Å². The van der Waals surface area contributed by atoms with Crippen molar-refractivity contribution in [2.75, 3.05) is 18.0 Å². The molecule has 1 aliphatic heterocycles. The fourth-order valence-corrected chi connectivity index (χ4v) is 4.85. The average molecular weight is 469 g/mol. The van der Waals surface area contributed by atoms with Gasteiger partial charge in [0, 0.05) is 31.6 Å². The summed E-state index contributed by atoms with van der Waals surface area (Å²) in [6.07, 6.45) is 2.86. The van der Waals surface area contributed by atoms with E-state index in [1.165, 1.54) is 22.2 Å². The molecule has 0 radical (unpaired) electrons. The van der Waals surface area contributed by atoms with Crippen molar-refractivity contribution < 1.29 is 9.59 Å². The van der Waals surface area contributed by atoms with Gasteiger partial charge in [0.2, 0.25) is 11.8 Å². The lowest BCUT2D eigenvalue weighted by molar-refractivity contribution is -0.126. The molecule has 0 unspecified atom stereocenters. The molecule has 0 saturated carbocycles. The number of carbonyl (C=O) groups is 2. The van der Waals surface area contributed by atoms with Crippen molar-refractivity contribution in [3.05, 3.63) is 52.6 Å². The monoisotopic (exact) mass is 468 g/mol. The maximum Gasteiger partial charge on any atom is 0.273 e. The Morgan fingerprint density at radius 3 is 2.61 bits per heavy atom. The van der Waals surface area contributed by atoms with E-state index in [0.29, 0.717) is 30.0 Å². The molecule has 2 amide bonds. The van der Waals surface area contributed by atoms with E-state index in [1.54, 1.807) is 0 Å². The number of piperidine rings is 1. The number of benzene rings is 1. The van der Waals surface area contributed by atoms with Gasteiger partial charge in [0.15, 0.2) is 10.8 Å². The first kappa shape index (κ1) is 22.9. The highest BCUT2D eigenvalue weighted by Gasteiger charge is 2.27. The number of nitrogens with zero attached hydrogens (tertiary/aromatic N) is 4. The first-order chi connectivity index (χ1) is 15.9. The van der Waals surface area contributed by atoms with Crippen molar-refractivity contribution in [2.45, 2.75) is 45.8 Å². The number of carbonyl (C=O) groups excluding carboxylic acids is 2. The van der Waals surface area contributed by atoms with Crippen LogP contribution in [0, 0.1) is 5.92 Å². The molecule has 33 heavy (non-hydrogen) atoms. The first-order valence-corrected chi connectivity index (χ1v) is 11.9. The van der Waals surface area contributed by atoms with E-state index in [4.69, 9.17) is 0 Å². The van der Waals surface area contributed by atoms with Crippen LogP contribution in [0.15, 0.2) is 41.5 Å². The highest BCUT2D eigenvalue weighted by atomic mass is 32.1. The predicted octanol–water partition coefficient (Wildman–Crippen LogP) is 1.91. The second-order valence-corrected chi connectivity index (χ2v) is 9.49. The Morgan fingerprint density at radius 2 is 1.91 bits per heavy atom. The van der Waals surface area contributed by atoms with Gasteiger partial charge in [0.05, 0.1) is 0 Å². The van der Waals surface area contributed by atoms with Crippen molar-refractivity contribution in [3.8, 4) is 0 Å². The number of amides is 2. The number of hydrogen-bond donors (Lipinski definition) is 2. The normalized spacial score (nSPS) is 14.6. The summed E-state index contributed by atoms with van der Waals surface area (Å²) in [6.45, 7) is 5.62. The van der Waals surface area contributed by atoms with E-state index in [-0.39, 0.29) is 35.9 Å². The minimum Gasteiger partial charge on any atom is -0.354 e. The molecule has 1 saturated heterocycles. The third-order valence-corrected chi connectivity index (χ3v) is 6.68. The SMILES string of the molecule is CC(C)NC(=O)C1CCN(c2nc3ncn(CC(=O)NCc4ccccc4)c(=O)c3s2)CC1. The fourth-order valence-electron chi connectivity index (χ4n) is 3.83. The topological polar surface area (TPSA) is 109 Å².